The fourth-order valence-electron chi connectivity index (χ4n) is 4.25. The fourth-order valence-corrected chi connectivity index (χ4v) is 4.45. The van der Waals surface area contributed by atoms with Gasteiger partial charge in [0.25, 0.3) is 5.91 Å². The van der Waals surface area contributed by atoms with Gasteiger partial charge in [0.15, 0.2) is 0 Å². The number of nitrogens with two attached hydrogens (primary N) is 2. The van der Waals surface area contributed by atoms with Gasteiger partial charge in [0.2, 0.25) is 0 Å². The lowest BCUT2D eigenvalue weighted by Gasteiger charge is -2.25. The Labute approximate surface area is 197 Å². The molecular weight excluding hydrogens is 441 g/mol. The number of carbonyl (C=O) groups is 1. The molecule has 1 saturated carbocycles. The van der Waals surface area contributed by atoms with Gasteiger partial charge >= 0.3 is 0 Å². The molecule has 0 radical (unpaired) electrons. The highest BCUT2D eigenvalue weighted by atomic mass is 35.5. The average molecular weight is 468 g/mol. The van der Waals surface area contributed by atoms with E-state index >= 15 is 0 Å². The van der Waals surface area contributed by atoms with Crippen molar-refractivity contribution in [1.82, 2.24) is 9.97 Å². The Morgan fingerprint density at radius 3 is 2.67 bits per heavy atom. The summed E-state index contributed by atoms with van der Waals surface area (Å²) in [4.78, 5) is 21.1. The van der Waals surface area contributed by atoms with E-state index in [0.717, 1.165) is 43.4 Å². The molecule has 0 spiro atoms. The highest BCUT2D eigenvalue weighted by molar-refractivity contribution is 6.33. The van der Waals surface area contributed by atoms with E-state index in [2.05, 4.69) is 15.3 Å². The quantitative estimate of drug-likeness (QED) is 0.466. The third-order valence-electron chi connectivity index (χ3n) is 6.09. The van der Waals surface area contributed by atoms with Gasteiger partial charge in [-0.05, 0) is 73.9 Å². The number of nitrogens with zero attached hydrogens (tertiary/aromatic N) is 2. The molecule has 3 aromatic rings. The molecule has 172 valence electrons. The highest BCUT2D eigenvalue weighted by Crippen LogP contribution is 2.31. The van der Waals surface area contributed by atoms with Crippen molar-refractivity contribution < 1.29 is 9.18 Å². The monoisotopic (exact) mass is 467 g/mol. The molecule has 0 atom stereocenters. The van der Waals surface area contributed by atoms with Gasteiger partial charge in [-0.15, -0.1) is 0 Å². The number of hydrogen-bond acceptors (Lipinski definition) is 5. The SMILES string of the molecule is NC(=O)c1ccc(-c2cc(CC3CCC(N)CC3)ncc2Cl)nc1NCc1cccc(F)c1. The first-order valence-corrected chi connectivity index (χ1v) is 11.5. The Morgan fingerprint density at radius 2 is 1.94 bits per heavy atom. The molecule has 6 nitrogen and oxygen atoms in total. The lowest BCUT2D eigenvalue weighted by molar-refractivity contribution is 0.100. The van der Waals surface area contributed by atoms with Gasteiger partial charge in [-0.3, -0.25) is 9.78 Å². The first-order chi connectivity index (χ1) is 15.9. The van der Waals surface area contributed by atoms with Gasteiger partial charge in [-0.25, -0.2) is 9.37 Å². The third kappa shape index (κ3) is 5.86. The van der Waals surface area contributed by atoms with Crippen LogP contribution in [0, 0.1) is 11.7 Å². The van der Waals surface area contributed by atoms with Crippen molar-refractivity contribution >= 4 is 23.3 Å². The lowest BCUT2D eigenvalue weighted by Crippen LogP contribution is -2.27. The van der Waals surface area contributed by atoms with E-state index in [4.69, 9.17) is 23.1 Å². The minimum atomic E-state index is -0.604. The summed E-state index contributed by atoms with van der Waals surface area (Å²) in [6.07, 6.45) is 6.79. The summed E-state index contributed by atoms with van der Waals surface area (Å²) >= 11 is 6.46. The zero-order valence-electron chi connectivity index (χ0n) is 18.2. The number of rotatable bonds is 7. The van der Waals surface area contributed by atoms with E-state index in [1.165, 1.54) is 12.1 Å². The van der Waals surface area contributed by atoms with E-state index < -0.39 is 5.91 Å². The molecule has 0 saturated heterocycles. The van der Waals surface area contributed by atoms with Crippen molar-refractivity contribution in [3.05, 3.63) is 76.3 Å². The average Bonchev–Trinajstić information content (AvgIpc) is 2.80. The van der Waals surface area contributed by atoms with Crippen molar-refractivity contribution in [3.63, 3.8) is 0 Å². The summed E-state index contributed by atoms with van der Waals surface area (Å²) in [5.41, 5.74) is 14.8. The van der Waals surface area contributed by atoms with Crippen LogP contribution in [0.3, 0.4) is 0 Å². The van der Waals surface area contributed by atoms with Crippen molar-refractivity contribution in [3.8, 4) is 11.3 Å². The molecule has 33 heavy (non-hydrogen) atoms. The minimum Gasteiger partial charge on any atom is -0.365 e. The molecule has 8 heteroatoms. The van der Waals surface area contributed by atoms with Crippen LogP contribution < -0.4 is 16.8 Å². The maximum Gasteiger partial charge on any atom is 0.252 e. The van der Waals surface area contributed by atoms with E-state index in [0.29, 0.717) is 34.1 Å². The normalized spacial score (nSPS) is 18.2. The molecule has 0 bridgehead atoms. The second-order valence-corrected chi connectivity index (χ2v) is 8.99. The number of amides is 1. The molecule has 2 aromatic heterocycles. The van der Waals surface area contributed by atoms with Gasteiger partial charge in [0.05, 0.1) is 16.3 Å². The van der Waals surface area contributed by atoms with Gasteiger partial charge in [-0.1, -0.05) is 23.7 Å². The number of carbonyl (C=O) groups excluding carboxylic acids is 1. The standard InChI is InChI=1S/C25H27ClFN5O/c26-22-14-30-19(11-15-4-6-18(28)7-5-15)12-21(22)23-9-8-20(24(29)33)25(32-23)31-13-16-2-1-3-17(27)10-16/h1-3,8-10,12,14-15,18H,4-7,11,13,28H2,(H2,29,33)(H,31,32). The minimum absolute atomic E-state index is 0.249. The van der Waals surface area contributed by atoms with Crippen LogP contribution in [0.25, 0.3) is 11.3 Å². The Bertz CT molecular complexity index is 1150. The molecule has 1 aliphatic carbocycles. The topological polar surface area (TPSA) is 107 Å². The zero-order valence-corrected chi connectivity index (χ0v) is 19.0. The molecule has 0 unspecified atom stereocenters. The van der Waals surface area contributed by atoms with Crippen LogP contribution >= 0.6 is 11.6 Å². The summed E-state index contributed by atoms with van der Waals surface area (Å²) in [6.45, 7) is 0.285. The Kier molecular flexibility index (Phi) is 7.20. The number of nitrogens with one attached hydrogen (secondary N) is 1. The van der Waals surface area contributed by atoms with Crippen LogP contribution in [0.15, 0.2) is 48.7 Å². The van der Waals surface area contributed by atoms with Gasteiger partial charge in [0.1, 0.15) is 11.6 Å². The van der Waals surface area contributed by atoms with Gasteiger partial charge in [-0.2, -0.15) is 0 Å². The van der Waals surface area contributed by atoms with Crippen LogP contribution in [0.4, 0.5) is 10.2 Å². The maximum atomic E-state index is 13.5. The van der Waals surface area contributed by atoms with E-state index in [9.17, 15) is 9.18 Å². The molecule has 1 amide bonds. The molecule has 4 rings (SSSR count). The summed E-state index contributed by atoms with van der Waals surface area (Å²) in [5.74, 6) is -0.0602. The van der Waals surface area contributed by atoms with Crippen molar-refractivity contribution in [2.45, 2.75) is 44.7 Å². The lowest BCUT2D eigenvalue weighted by atomic mass is 9.83. The molecule has 1 aliphatic rings. The molecular formula is C25H27ClFN5O. The van der Waals surface area contributed by atoms with Crippen molar-refractivity contribution in [1.29, 1.82) is 0 Å². The molecule has 2 heterocycles. The number of anilines is 1. The second-order valence-electron chi connectivity index (χ2n) is 8.58. The number of pyridine rings is 2. The van der Waals surface area contributed by atoms with E-state index in [1.807, 2.05) is 6.07 Å². The number of benzene rings is 1. The van der Waals surface area contributed by atoms with Crippen molar-refractivity contribution in [2.24, 2.45) is 17.4 Å². The number of aromatic nitrogens is 2. The molecule has 1 aromatic carbocycles. The summed E-state index contributed by atoms with van der Waals surface area (Å²) in [7, 11) is 0. The Balaban J connectivity index is 1.59. The summed E-state index contributed by atoms with van der Waals surface area (Å²) in [5, 5.41) is 3.58. The van der Waals surface area contributed by atoms with Crippen molar-refractivity contribution in [2.75, 3.05) is 5.32 Å². The zero-order chi connectivity index (χ0) is 23.4. The number of halogens is 2. The first kappa shape index (κ1) is 23.1. The predicted molar refractivity (Wildman–Crippen MR) is 128 cm³/mol. The number of primary amides is 1. The molecule has 1 fully saturated rings. The fraction of sp³-hybridized carbons (Fsp3) is 0.320. The van der Waals surface area contributed by atoms with Crippen LogP contribution in [-0.2, 0) is 13.0 Å². The van der Waals surface area contributed by atoms with Crippen LogP contribution in [0.2, 0.25) is 5.02 Å². The molecule has 0 aliphatic heterocycles. The van der Waals surface area contributed by atoms with Crippen LogP contribution in [-0.4, -0.2) is 21.9 Å². The number of hydrogen-bond donors (Lipinski definition) is 3. The Morgan fingerprint density at radius 1 is 1.15 bits per heavy atom. The maximum absolute atomic E-state index is 13.5. The van der Waals surface area contributed by atoms with E-state index in [-0.39, 0.29) is 17.9 Å². The van der Waals surface area contributed by atoms with Gasteiger partial charge in [0, 0.05) is 30.0 Å². The predicted octanol–water partition coefficient (Wildman–Crippen LogP) is 4.71. The van der Waals surface area contributed by atoms with Crippen LogP contribution in [0.5, 0.6) is 0 Å². The summed E-state index contributed by atoms with van der Waals surface area (Å²) < 4.78 is 13.5. The first-order valence-electron chi connectivity index (χ1n) is 11.1. The van der Waals surface area contributed by atoms with Gasteiger partial charge < -0.3 is 16.8 Å². The summed E-state index contributed by atoms with van der Waals surface area (Å²) in [6, 6.07) is 11.8. The smallest absolute Gasteiger partial charge is 0.252 e. The molecule has 5 N–H and O–H groups in total. The third-order valence-corrected chi connectivity index (χ3v) is 6.39. The Hall–Kier alpha value is -3.03. The van der Waals surface area contributed by atoms with E-state index in [1.54, 1.807) is 30.5 Å². The van der Waals surface area contributed by atoms with Crippen LogP contribution in [0.1, 0.15) is 47.3 Å². The highest BCUT2D eigenvalue weighted by Gasteiger charge is 2.20. The largest absolute Gasteiger partial charge is 0.365 e. The second kappa shape index (κ2) is 10.3.